The molecule has 2 aromatic carbocycles. The van der Waals surface area contributed by atoms with E-state index in [1.807, 2.05) is 13.0 Å². The molecule has 4 rings (SSSR count). The average Bonchev–Trinajstić information content (AvgIpc) is 2.62. The summed E-state index contributed by atoms with van der Waals surface area (Å²) in [6, 6.07) is 14.9. The molecular formula is C23H25NO2. The second-order valence-corrected chi connectivity index (χ2v) is 7.55. The largest absolute Gasteiger partial charge is 0.423 e. The van der Waals surface area contributed by atoms with E-state index in [9.17, 15) is 4.79 Å². The predicted molar refractivity (Wildman–Crippen MR) is 106 cm³/mol. The topological polar surface area (TPSA) is 33.5 Å². The lowest BCUT2D eigenvalue weighted by atomic mass is 9.87. The molecule has 0 spiro atoms. The Labute approximate surface area is 154 Å². The second kappa shape index (κ2) is 6.73. The molecule has 1 heterocycles. The molecule has 0 saturated carbocycles. The van der Waals surface area contributed by atoms with Gasteiger partial charge in [-0.15, -0.1) is 0 Å². The first kappa shape index (κ1) is 17.0. The number of benzene rings is 2. The fraction of sp³-hybridized carbons (Fsp3) is 0.348. The van der Waals surface area contributed by atoms with Crippen LogP contribution in [0.25, 0.3) is 11.0 Å². The van der Waals surface area contributed by atoms with Crippen molar-refractivity contribution >= 4 is 11.0 Å². The monoisotopic (exact) mass is 347 g/mol. The van der Waals surface area contributed by atoms with Crippen molar-refractivity contribution in [3.05, 3.63) is 80.7 Å². The standard InChI is InChI=1S/C23H25NO2/c1-15-11-20-18(13-23(25)26-22(20)12-16(15)2)14-24(3)21-10-6-8-17-7-4-5-9-19(17)21/h4-5,7,9,11-13,21H,6,8,10,14H2,1-3H3/t21-/m0/s1. The van der Waals surface area contributed by atoms with Gasteiger partial charge in [0, 0.05) is 24.0 Å². The van der Waals surface area contributed by atoms with Crippen LogP contribution in [0.2, 0.25) is 0 Å². The smallest absolute Gasteiger partial charge is 0.336 e. The van der Waals surface area contributed by atoms with E-state index in [-0.39, 0.29) is 5.63 Å². The minimum absolute atomic E-state index is 0.270. The van der Waals surface area contributed by atoms with Crippen LogP contribution in [-0.4, -0.2) is 11.9 Å². The van der Waals surface area contributed by atoms with Crippen LogP contribution in [0.5, 0.6) is 0 Å². The fourth-order valence-electron chi connectivity index (χ4n) is 4.18. The highest BCUT2D eigenvalue weighted by Crippen LogP contribution is 2.34. The van der Waals surface area contributed by atoms with E-state index in [1.54, 1.807) is 6.07 Å². The molecule has 3 heteroatoms. The summed E-state index contributed by atoms with van der Waals surface area (Å²) in [6.45, 7) is 4.89. The number of fused-ring (bicyclic) bond motifs is 2. The molecule has 0 N–H and O–H groups in total. The molecule has 3 aromatic rings. The lowest BCUT2D eigenvalue weighted by Gasteiger charge is -2.33. The Bertz CT molecular complexity index is 1020. The van der Waals surface area contributed by atoms with Gasteiger partial charge in [0.1, 0.15) is 5.58 Å². The molecule has 0 bridgehead atoms. The number of aryl methyl sites for hydroxylation is 3. The van der Waals surface area contributed by atoms with Crippen LogP contribution < -0.4 is 5.63 Å². The summed E-state index contributed by atoms with van der Waals surface area (Å²) in [4.78, 5) is 14.4. The Balaban J connectivity index is 1.72. The zero-order valence-corrected chi connectivity index (χ0v) is 15.7. The van der Waals surface area contributed by atoms with Gasteiger partial charge < -0.3 is 4.42 Å². The Hall–Kier alpha value is -2.39. The van der Waals surface area contributed by atoms with Gasteiger partial charge in [-0.2, -0.15) is 0 Å². The summed E-state index contributed by atoms with van der Waals surface area (Å²) in [5.74, 6) is 0. The molecule has 134 valence electrons. The van der Waals surface area contributed by atoms with Gasteiger partial charge in [-0.1, -0.05) is 24.3 Å². The Morgan fingerprint density at radius 1 is 1.12 bits per heavy atom. The lowest BCUT2D eigenvalue weighted by Crippen LogP contribution is -2.27. The number of nitrogens with zero attached hydrogens (tertiary/aromatic N) is 1. The van der Waals surface area contributed by atoms with Crippen LogP contribution in [0.4, 0.5) is 0 Å². The molecule has 0 amide bonds. The molecule has 1 aliphatic carbocycles. The van der Waals surface area contributed by atoms with E-state index in [1.165, 1.54) is 23.1 Å². The van der Waals surface area contributed by atoms with Crippen molar-refractivity contribution in [2.24, 2.45) is 0 Å². The van der Waals surface area contributed by atoms with E-state index >= 15 is 0 Å². The van der Waals surface area contributed by atoms with E-state index in [4.69, 9.17) is 4.42 Å². The number of rotatable bonds is 3. The van der Waals surface area contributed by atoms with Crippen molar-refractivity contribution in [1.29, 1.82) is 0 Å². The summed E-state index contributed by atoms with van der Waals surface area (Å²) in [5, 5.41) is 1.05. The first-order valence-corrected chi connectivity index (χ1v) is 9.35. The van der Waals surface area contributed by atoms with Gasteiger partial charge >= 0.3 is 5.63 Å². The van der Waals surface area contributed by atoms with Crippen molar-refractivity contribution in [3.8, 4) is 0 Å². The van der Waals surface area contributed by atoms with Gasteiger partial charge in [0.2, 0.25) is 0 Å². The molecular weight excluding hydrogens is 322 g/mol. The quantitative estimate of drug-likeness (QED) is 0.631. The van der Waals surface area contributed by atoms with Crippen LogP contribution in [-0.2, 0) is 13.0 Å². The Morgan fingerprint density at radius 2 is 1.88 bits per heavy atom. The van der Waals surface area contributed by atoms with E-state index in [0.717, 1.165) is 35.9 Å². The maximum atomic E-state index is 12.1. The first-order valence-electron chi connectivity index (χ1n) is 9.35. The molecule has 0 unspecified atom stereocenters. The Morgan fingerprint density at radius 3 is 2.73 bits per heavy atom. The molecule has 0 fully saturated rings. The molecule has 0 aliphatic heterocycles. The summed E-state index contributed by atoms with van der Waals surface area (Å²) in [7, 11) is 2.16. The third-order valence-electron chi connectivity index (χ3n) is 5.73. The van der Waals surface area contributed by atoms with Crippen LogP contribution in [0, 0.1) is 13.8 Å². The van der Waals surface area contributed by atoms with Crippen molar-refractivity contribution in [2.75, 3.05) is 7.05 Å². The molecule has 0 radical (unpaired) electrons. The van der Waals surface area contributed by atoms with Crippen molar-refractivity contribution in [2.45, 2.75) is 45.7 Å². The average molecular weight is 347 g/mol. The van der Waals surface area contributed by atoms with Crippen molar-refractivity contribution in [1.82, 2.24) is 4.90 Å². The maximum Gasteiger partial charge on any atom is 0.336 e. The third kappa shape index (κ3) is 3.08. The highest BCUT2D eigenvalue weighted by Gasteiger charge is 2.24. The van der Waals surface area contributed by atoms with Crippen LogP contribution in [0.3, 0.4) is 0 Å². The minimum atomic E-state index is -0.270. The van der Waals surface area contributed by atoms with Gasteiger partial charge in [-0.3, -0.25) is 4.90 Å². The molecule has 26 heavy (non-hydrogen) atoms. The van der Waals surface area contributed by atoms with Gasteiger partial charge in [0.15, 0.2) is 0 Å². The first-order chi connectivity index (χ1) is 12.5. The van der Waals surface area contributed by atoms with Crippen molar-refractivity contribution < 1.29 is 4.42 Å². The minimum Gasteiger partial charge on any atom is -0.423 e. The predicted octanol–water partition coefficient (Wildman–Crippen LogP) is 4.92. The van der Waals surface area contributed by atoms with Crippen LogP contribution in [0.1, 0.15) is 46.7 Å². The molecule has 1 aliphatic rings. The highest BCUT2D eigenvalue weighted by molar-refractivity contribution is 5.81. The summed E-state index contributed by atoms with van der Waals surface area (Å²) >= 11 is 0. The van der Waals surface area contributed by atoms with Gasteiger partial charge in [-0.25, -0.2) is 4.79 Å². The fourth-order valence-corrected chi connectivity index (χ4v) is 4.18. The van der Waals surface area contributed by atoms with E-state index in [0.29, 0.717) is 11.6 Å². The summed E-state index contributed by atoms with van der Waals surface area (Å²) < 4.78 is 5.45. The Kier molecular flexibility index (Phi) is 4.41. The molecule has 0 saturated heterocycles. The second-order valence-electron chi connectivity index (χ2n) is 7.55. The van der Waals surface area contributed by atoms with Gasteiger partial charge in [-0.05, 0) is 80.1 Å². The molecule has 1 aromatic heterocycles. The maximum absolute atomic E-state index is 12.1. The van der Waals surface area contributed by atoms with E-state index < -0.39 is 0 Å². The zero-order valence-electron chi connectivity index (χ0n) is 15.7. The lowest BCUT2D eigenvalue weighted by molar-refractivity contribution is 0.213. The summed E-state index contributed by atoms with van der Waals surface area (Å²) in [6.07, 6.45) is 3.53. The normalized spacial score (nSPS) is 16.8. The molecule has 3 nitrogen and oxygen atoms in total. The van der Waals surface area contributed by atoms with Crippen LogP contribution in [0.15, 0.2) is 51.7 Å². The van der Waals surface area contributed by atoms with E-state index in [2.05, 4.69) is 49.2 Å². The summed E-state index contributed by atoms with van der Waals surface area (Å²) in [5.41, 5.74) is 6.72. The number of hydrogen-bond acceptors (Lipinski definition) is 3. The van der Waals surface area contributed by atoms with Crippen molar-refractivity contribution in [3.63, 3.8) is 0 Å². The van der Waals surface area contributed by atoms with Gasteiger partial charge in [0.25, 0.3) is 0 Å². The third-order valence-corrected chi connectivity index (χ3v) is 5.73. The van der Waals surface area contributed by atoms with Crippen LogP contribution >= 0.6 is 0 Å². The SMILES string of the molecule is Cc1cc2oc(=O)cc(CN(C)[C@H]3CCCc4ccccc43)c2cc1C. The highest BCUT2D eigenvalue weighted by atomic mass is 16.4. The van der Waals surface area contributed by atoms with Gasteiger partial charge in [0.05, 0.1) is 0 Å². The number of hydrogen-bond donors (Lipinski definition) is 0. The molecule has 1 atom stereocenters. The zero-order chi connectivity index (χ0) is 18.3.